The van der Waals surface area contributed by atoms with Crippen LogP contribution in [0.1, 0.15) is 0 Å². The highest BCUT2D eigenvalue weighted by Crippen LogP contribution is 2.33. The van der Waals surface area contributed by atoms with E-state index in [1.807, 2.05) is 0 Å². The number of hydrogen-bond acceptors (Lipinski definition) is 2. The maximum Gasteiger partial charge on any atom is 0.586 e. The molecule has 1 rings (SSSR count). The van der Waals surface area contributed by atoms with Gasteiger partial charge >= 0.3 is 6.29 Å². The van der Waals surface area contributed by atoms with Gasteiger partial charge in [0.15, 0.2) is 11.5 Å². The Labute approximate surface area is 62.4 Å². The zero-order valence-corrected chi connectivity index (χ0v) is 5.64. The second-order valence-corrected chi connectivity index (χ2v) is 1.80. The Morgan fingerprint density at radius 1 is 1.09 bits per heavy atom. The van der Waals surface area contributed by atoms with Crippen LogP contribution in [0.2, 0.25) is 0 Å². The molecule has 0 radical (unpaired) electrons. The fourth-order valence-corrected chi connectivity index (χ4v) is 0.662. The first-order chi connectivity index (χ1) is 5.09. The highest BCUT2D eigenvalue weighted by Gasteiger charge is 2.43. The molecule has 0 saturated carbocycles. The third kappa shape index (κ3) is 1.39. The largest absolute Gasteiger partial charge is 0.586 e. The summed E-state index contributed by atoms with van der Waals surface area (Å²) in [5.74, 6) is -0.185. The minimum atomic E-state index is -3.58. The van der Waals surface area contributed by atoms with Crippen LogP contribution >= 0.6 is 0 Å². The van der Waals surface area contributed by atoms with Crippen LogP contribution in [0.4, 0.5) is 8.78 Å². The summed E-state index contributed by atoms with van der Waals surface area (Å²) < 4.78 is 32.5. The van der Waals surface area contributed by atoms with Crippen molar-refractivity contribution in [3.8, 4) is 0 Å². The third-order valence-corrected chi connectivity index (χ3v) is 1.07. The summed E-state index contributed by atoms with van der Waals surface area (Å²) in [5, 5.41) is 0. The fourth-order valence-electron chi connectivity index (χ4n) is 0.662. The molecule has 0 aliphatic carbocycles. The second-order valence-electron chi connectivity index (χ2n) is 1.80. The third-order valence-electron chi connectivity index (χ3n) is 1.07. The number of ether oxygens (including phenoxy) is 2. The molecule has 1 heterocycles. The lowest BCUT2D eigenvalue weighted by Crippen LogP contribution is -2.16. The Bertz CT molecular complexity index is 209. The van der Waals surface area contributed by atoms with E-state index in [2.05, 4.69) is 22.6 Å². The standard InChI is InChI=1S/C7H6F2O2/c1-3-5-6(4-2)11-7(8,9)10-5/h3-4H,1-2H2. The number of halogens is 2. The molecule has 0 fully saturated rings. The van der Waals surface area contributed by atoms with Crippen LogP contribution in [0, 0.1) is 0 Å². The van der Waals surface area contributed by atoms with E-state index in [0.717, 1.165) is 12.2 Å². The lowest BCUT2D eigenvalue weighted by atomic mass is 10.4. The Balaban J connectivity index is 2.87. The molecule has 0 bridgehead atoms. The van der Waals surface area contributed by atoms with Gasteiger partial charge in [0.2, 0.25) is 0 Å². The minimum Gasteiger partial charge on any atom is -0.395 e. The summed E-state index contributed by atoms with van der Waals surface area (Å²) in [6.07, 6.45) is -1.30. The van der Waals surface area contributed by atoms with Crippen LogP contribution in [0.3, 0.4) is 0 Å². The van der Waals surface area contributed by atoms with Crippen LogP contribution < -0.4 is 0 Å². The molecule has 1 aliphatic heterocycles. The van der Waals surface area contributed by atoms with Crippen LogP contribution in [-0.4, -0.2) is 6.29 Å². The van der Waals surface area contributed by atoms with Gasteiger partial charge in [-0.15, -0.1) is 8.78 Å². The lowest BCUT2D eigenvalue weighted by molar-refractivity contribution is -0.335. The van der Waals surface area contributed by atoms with Crippen molar-refractivity contribution in [1.29, 1.82) is 0 Å². The van der Waals surface area contributed by atoms with Crippen molar-refractivity contribution in [2.75, 3.05) is 0 Å². The summed E-state index contributed by atoms with van der Waals surface area (Å²) in [6, 6.07) is 0. The van der Waals surface area contributed by atoms with Gasteiger partial charge in [-0.3, -0.25) is 0 Å². The molecule has 60 valence electrons. The predicted octanol–water partition coefficient (Wildman–Crippen LogP) is 2.17. The molecule has 0 atom stereocenters. The van der Waals surface area contributed by atoms with Gasteiger partial charge in [-0.1, -0.05) is 13.2 Å². The van der Waals surface area contributed by atoms with E-state index < -0.39 is 6.29 Å². The van der Waals surface area contributed by atoms with Gasteiger partial charge in [0.25, 0.3) is 0 Å². The van der Waals surface area contributed by atoms with Crippen molar-refractivity contribution in [1.82, 2.24) is 0 Å². The van der Waals surface area contributed by atoms with Crippen LogP contribution in [0.15, 0.2) is 36.8 Å². The lowest BCUT2D eigenvalue weighted by Gasteiger charge is -2.06. The fraction of sp³-hybridized carbons (Fsp3) is 0.143. The molecule has 0 unspecified atom stereocenters. The summed E-state index contributed by atoms with van der Waals surface area (Å²) in [5.41, 5.74) is 0. The predicted molar refractivity (Wildman–Crippen MR) is 34.5 cm³/mol. The zero-order valence-electron chi connectivity index (χ0n) is 5.64. The topological polar surface area (TPSA) is 18.5 Å². The number of hydrogen-bond donors (Lipinski definition) is 0. The number of alkyl halides is 2. The summed E-state index contributed by atoms with van der Waals surface area (Å²) in [4.78, 5) is 0. The Hall–Kier alpha value is -1.32. The average molecular weight is 160 g/mol. The highest BCUT2D eigenvalue weighted by molar-refractivity contribution is 5.24. The summed E-state index contributed by atoms with van der Waals surface area (Å²) in [6.45, 7) is 6.52. The SMILES string of the molecule is C=CC1=C(C=C)OC(F)(F)O1. The molecule has 0 aromatic heterocycles. The van der Waals surface area contributed by atoms with Gasteiger partial charge in [0.05, 0.1) is 0 Å². The number of allylic oxidation sites excluding steroid dienone is 2. The highest BCUT2D eigenvalue weighted by atomic mass is 19.3. The van der Waals surface area contributed by atoms with Gasteiger partial charge in [0, 0.05) is 0 Å². The van der Waals surface area contributed by atoms with Crippen LogP contribution in [-0.2, 0) is 9.47 Å². The van der Waals surface area contributed by atoms with Gasteiger partial charge in [-0.05, 0) is 12.2 Å². The smallest absolute Gasteiger partial charge is 0.395 e. The van der Waals surface area contributed by atoms with Gasteiger partial charge in [0.1, 0.15) is 0 Å². The second kappa shape index (κ2) is 2.38. The van der Waals surface area contributed by atoms with E-state index in [-0.39, 0.29) is 11.5 Å². The van der Waals surface area contributed by atoms with Crippen molar-refractivity contribution in [2.24, 2.45) is 0 Å². The Kier molecular flexibility index (Phi) is 1.68. The molecule has 1 aliphatic rings. The van der Waals surface area contributed by atoms with Crippen molar-refractivity contribution < 1.29 is 18.3 Å². The zero-order chi connectivity index (χ0) is 8.48. The van der Waals surface area contributed by atoms with Gasteiger partial charge in [-0.2, -0.15) is 0 Å². The maximum absolute atomic E-state index is 12.2. The van der Waals surface area contributed by atoms with E-state index in [0.29, 0.717) is 0 Å². The van der Waals surface area contributed by atoms with Crippen molar-refractivity contribution in [2.45, 2.75) is 6.29 Å². The molecule has 0 N–H and O–H groups in total. The molecule has 0 aromatic rings. The normalized spacial score (nSPS) is 20.5. The summed E-state index contributed by atoms with van der Waals surface area (Å²) >= 11 is 0. The van der Waals surface area contributed by atoms with Crippen molar-refractivity contribution >= 4 is 0 Å². The van der Waals surface area contributed by atoms with E-state index in [1.54, 1.807) is 0 Å². The first-order valence-electron chi connectivity index (χ1n) is 2.84. The monoisotopic (exact) mass is 160 g/mol. The molecule has 0 spiro atoms. The Morgan fingerprint density at radius 3 is 1.73 bits per heavy atom. The molecular formula is C7H6F2O2. The number of rotatable bonds is 2. The summed E-state index contributed by atoms with van der Waals surface area (Å²) in [7, 11) is 0. The van der Waals surface area contributed by atoms with Gasteiger partial charge < -0.3 is 9.47 Å². The molecule has 11 heavy (non-hydrogen) atoms. The minimum absolute atomic E-state index is 0.0926. The van der Waals surface area contributed by atoms with Crippen LogP contribution in [0.5, 0.6) is 0 Å². The van der Waals surface area contributed by atoms with E-state index in [4.69, 9.17) is 0 Å². The molecule has 0 aromatic carbocycles. The molecule has 4 heteroatoms. The molecular weight excluding hydrogens is 154 g/mol. The average Bonchev–Trinajstić information content (AvgIpc) is 2.25. The van der Waals surface area contributed by atoms with Gasteiger partial charge in [-0.25, -0.2) is 0 Å². The first-order valence-corrected chi connectivity index (χ1v) is 2.84. The quantitative estimate of drug-likeness (QED) is 0.616. The van der Waals surface area contributed by atoms with Crippen LogP contribution in [0.25, 0.3) is 0 Å². The van der Waals surface area contributed by atoms with E-state index in [1.165, 1.54) is 0 Å². The van der Waals surface area contributed by atoms with Crippen molar-refractivity contribution in [3.63, 3.8) is 0 Å². The van der Waals surface area contributed by atoms with Crippen molar-refractivity contribution in [3.05, 3.63) is 36.8 Å². The Morgan fingerprint density at radius 2 is 1.45 bits per heavy atom. The molecule has 0 amide bonds. The molecule has 0 saturated heterocycles. The maximum atomic E-state index is 12.2. The molecule has 2 nitrogen and oxygen atoms in total. The first kappa shape index (κ1) is 7.78. The van der Waals surface area contributed by atoms with E-state index >= 15 is 0 Å². The van der Waals surface area contributed by atoms with E-state index in [9.17, 15) is 8.78 Å².